The number of aryl methyl sites for hydroxylation is 2. The number of hydrogen-bond donors (Lipinski definition) is 2. The molecule has 24 heavy (non-hydrogen) atoms. The van der Waals surface area contributed by atoms with Crippen LogP contribution in [0.4, 0.5) is 0 Å². The maximum atomic E-state index is 12.7. The van der Waals surface area contributed by atoms with Gasteiger partial charge in [0.05, 0.1) is 38.0 Å². The van der Waals surface area contributed by atoms with Crippen molar-refractivity contribution in [3.8, 4) is 0 Å². The summed E-state index contributed by atoms with van der Waals surface area (Å²) in [6.45, 7) is 1.50. The third-order valence-electron chi connectivity index (χ3n) is 4.20. The highest BCUT2D eigenvalue weighted by molar-refractivity contribution is 7.89. The summed E-state index contributed by atoms with van der Waals surface area (Å²) in [5.41, 5.74) is 1.50. The average molecular weight is 354 g/mol. The van der Waals surface area contributed by atoms with Crippen LogP contribution in [-0.4, -0.2) is 55.1 Å². The van der Waals surface area contributed by atoms with Crippen LogP contribution in [0, 0.1) is 0 Å². The second-order valence-electron chi connectivity index (χ2n) is 5.72. The van der Waals surface area contributed by atoms with Crippen LogP contribution in [-0.2, 0) is 33.0 Å². The largest absolute Gasteiger partial charge is 0.481 e. The molecule has 3 rings (SSSR count). The molecule has 1 aromatic heterocycles. The molecule has 2 aromatic rings. The Bertz CT molecular complexity index is 869. The summed E-state index contributed by atoms with van der Waals surface area (Å²) in [6, 6.07) is 4.93. The van der Waals surface area contributed by atoms with Crippen molar-refractivity contribution >= 4 is 27.0 Å². The highest BCUT2D eigenvalue weighted by Crippen LogP contribution is 2.21. The molecule has 0 spiro atoms. The Kier molecular flexibility index (Phi) is 4.57. The summed E-state index contributed by atoms with van der Waals surface area (Å²) in [4.78, 5) is 14.1. The third-order valence-corrected chi connectivity index (χ3v) is 6.09. The van der Waals surface area contributed by atoms with Crippen LogP contribution in [0.2, 0.25) is 0 Å². The number of carbonyl (C=O) groups is 1. The van der Waals surface area contributed by atoms with E-state index in [2.05, 4.69) is 4.98 Å². The molecule has 8 nitrogen and oxygen atoms in total. The summed E-state index contributed by atoms with van der Waals surface area (Å²) in [7, 11) is -1.73. The monoisotopic (exact) mass is 354 g/mol. The van der Waals surface area contributed by atoms with Gasteiger partial charge in [-0.15, -0.1) is 0 Å². The Balaban J connectivity index is 1.94. The summed E-state index contributed by atoms with van der Waals surface area (Å²) in [6.07, 6.45) is 0.367. The predicted octanol–water partition coefficient (Wildman–Crippen LogP) is 0.0305. The van der Waals surface area contributed by atoms with E-state index in [-0.39, 0.29) is 11.3 Å². The zero-order valence-electron chi connectivity index (χ0n) is 13.4. The van der Waals surface area contributed by atoms with Gasteiger partial charge in [0.2, 0.25) is 10.0 Å². The first-order chi connectivity index (χ1) is 11.4. The number of carboxylic acids is 1. The third kappa shape index (κ3) is 3.14. The summed E-state index contributed by atoms with van der Waals surface area (Å²) in [5.74, 6) is -0.127. The van der Waals surface area contributed by atoms with Crippen LogP contribution in [0.3, 0.4) is 0 Å². The minimum absolute atomic E-state index is 0.0135. The average Bonchev–Trinajstić information content (AvgIpc) is 2.89. The van der Waals surface area contributed by atoms with Gasteiger partial charge in [0.1, 0.15) is 0 Å². The van der Waals surface area contributed by atoms with Gasteiger partial charge in [-0.25, -0.2) is 18.0 Å². The minimum atomic E-state index is -3.55. The van der Waals surface area contributed by atoms with E-state index in [1.54, 1.807) is 18.2 Å². The zero-order valence-corrected chi connectivity index (χ0v) is 14.2. The van der Waals surface area contributed by atoms with Crippen LogP contribution in [0.5, 0.6) is 0 Å². The van der Waals surface area contributed by atoms with Gasteiger partial charge in [-0.3, -0.25) is 4.79 Å². The molecular weight excluding hydrogens is 334 g/mol. The lowest BCUT2D eigenvalue weighted by Gasteiger charge is -2.25. The molecule has 1 aromatic carbocycles. The quantitative estimate of drug-likeness (QED) is 0.738. The fourth-order valence-electron chi connectivity index (χ4n) is 2.84. The molecule has 2 heterocycles. The van der Waals surface area contributed by atoms with Gasteiger partial charge in [-0.05, 0) is 12.1 Å². The molecule has 0 saturated carbocycles. The number of rotatable bonds is 5. The van der Waals surface area contributed by atoms with Crippen LogP contribution < -0.4 is 4.57 Å². The molecule has 2 N–H and O–H groups in total. The highest BCUT2D eigenvalue weighted by Gasteiger charge is 2.28. The molecule has 1 aliphatic rings. The van der Waals surface area contributed by atoms with Crippen molar-refractivity contribution in [3.05, 3.63) is 24.0 Å². The number of carboxylic acid groups (broad SMARTS) is 1. The van der Waals surface area contributed by atoms with E-state index in [4.69, 9.17) is 9.84 Å². The Labute approximate surface area is 139 Å². The normalized spacial score (nSPS) is 16.5. The molecule has 0 radical (unpaired) electrons. The Morgan fingerprint density at radius 3 is 2.75 bits per heavy atom. The van der Waals surface area contributed by atoms with Crippen molar-refractivity contribution in [1.82, 2.24) is 9.29 Å². The molecule has 1 fully saturated rings. The molecule has 0 amide bonds. The number of ether oxygens (including phenoxy) is 1. The molecule has 1 aliphatic heterocycles. The highest BCUT2D eigenvalue weighted by atomic mass is 32.2. The number of morpholine rings is 1. The molecule has 0 bridgehead atoms. The Morgan fingerprint density at radius 1 is 1.38 bits per heavy atom. The first-order valence-electron chi connectivity index (χ1n) is 7.70. The lowest BCUT2D eigenvalue weighted by Crippen LogP contribution is -2.40. The number of nitrogens with one attached hydrogen (secondary N) is 1. The van der Waals surface area contributed by atoms with Crippen molar-refractivity contribution in [2.45, 2.75) is 17.7 Å². The zero-order chi connectivity index (χ0) is 17.3. The molecule has 0 unspecified atom stereocenters. The van der Waals surface area contributed by atoms with Crippen molar-refractivity contribution in [1.29, 1.82) is 0 Å². The topological polar surface area (TPSA) is 104 Å². The lowest BCUT2D eigenvalue weighted by atomic mass is 10.3. The van der Waals surface area contributed by atoms with Crippen LogP contribution in [0.15, 0.2) is 23.1 Å². The van der Waals surface area contributed by atoms with Crippen LogP contribution >= 0.6 is 0 Å². The van der Waals surface area contributed by atoms with Gasteiger partial charge in [0, 0.05) is 19.2 Å². The molecule has 130 valence electrons. The number of aromatic nitrogens is 2. The first-order valence-corrected chi connectivity index (χ1v) is 9.14. The SMILES string of the molecule is C[n+]1c(CCC(=O)O)[nH]c2cc(S(=O)(=O)N3CCOCC3)ccc21. The molecular formula is C15H20N3O5S+. The minimum Gasteiger partial charge on any atom is -0.481 e. The molecule has 0 aliphatic carbocycles. The molecule has 9 heteroatoms. The van der Waals surface area contributed by atoms with Gasteiger partial charge in [0.25, 0.3) is 5.82 Å². The van der Waals surface area contributed by atoms with Gasteiger partial charge in [-0.1, -0.05) is 0 Å². The Morgan fingerprint density at radius 2 is 2.08 bits per heavy atom. The second kappa shape index (κ2) is 6.50. The van der Waals surface area contributed by atoms with E-state index in [1.165, 1.54) is 4.31 Å². The van der Waals surface area contributed by atoms with E-state index in [0.717, 1.165) is 11.3 Å². The maximum absolute atomic E-state index is 12.7. The van der Waals surface area contributed by atoms with Crippen molar-refractivity contribution in [3.63, 3.8) is 0 Å². The number of imidazole rings is 1. The van der Waals surface area contributed by atoms with E-state index in [9.17, 15) is 13.2 Å². The van der Waals surface area contributed by atoms with Crippen LogP contribution in [0.1, 0.15) is 12.2 Å². The van der Waals surface area contributed by atoms with E-state index in [0.29, 0.717) is 38.2 Å². The van der Waals surface area contributed by atoms with E-state index >= 15 is 0 Å². The van der Waals surface area contributed by atoms with Crippen molar-refractivity contribution in [2.24, 2.45) is 7.05 Å². The first kappa shape index (κ1) is 16.9. The van der Waals surface area contributed by atoms with Gasteiger partial charge in [-0.2, -0.15) is 4.31 Å². The lowest BCUT2D eigenvalue weighted by molar-refractivity contribution is -0.652. The van der Waals surface area contributed by atoms with Gasteiger partial charge < -0.3 is 9.84 Å². The number of aromatic amines is 1. The fourth-order valence-corrected chi connectivity index (χ4v) is 4.28. The standard InChI is InChI=1S/C15H19N3O5S/c1-17-13-3-2-11(24(21,22)18-6-8-23-9-7-18)10-12(13)16-14(17)4-5-15(19)20/h2-3,10H,4-9H2,1H3,(H,19,20)/p+1. The second-order valence-corrected chi connectivity index (χ2v) is 7.66. The molecule has 0 atom stereocenters. The summed E-state index contributed by atoms with van der Waals surface area (Å²) >= 11 is 0. The number of aliphatic carboxylic acids is 1. The smallest absolute Gasteiger partial charge is 0.303 e. The number of benzene rings is 1. The van der Waals surface area contributed by atoms with Gasteiger partial charge in [0.15, 0.2) is 11.0 Å². The number of fused-ring (bicyclic) bond motifs is 1. The predicted molar refractivity (Wildman–Crippen MR) is 85.0 cm³/mol. The van der Waals surface area contributed by atoms with Crippen LogP contribution in [0.25, 0.3) is 11.0 Å². The Hall–Kier alpha value is -1.97. The summed E-state index contributed by atoms with van der Waals surface area (Å²) in [5, 5.41) is 8.82. The number of nitrogens with zero attached hydrogens (tertiary/aromatic N) is 2. The van der Waals surface area contributed by atoms with Crippen molar-refractivity contribution in [2.75, 3.05) is 26.3 Å². The number of H-pyrrole nitrogens is 1. The maximum Gasteiger partial charge on any atom is 0.303 e. The number of hydrogen-bond acceptors (Lipinski definition) is 4. The van der Waals surface area contributed by atoms with Gasteiger partial charge >= 0.3 is 5.97 Å². The summed E-state index contributed by atoms with van der Waals surface area (Å²) < 4.78 is 33.9. The van der Waals surface area contributed by atoms with E-state index < -0.39 is 16.0 Å². The van der Waals surface area contributed by atoms with E-state index in [1.807, 2.05) is 11.6 Å². The van der Waals surface area contributed by atoms with Crippen molar-refractivity contribution < 1.29 is 27.6 Å². The molecule has 1 saturated heterocycles. The number of sulfonamides is 1. The fraction of sp³-hybridized carbons (Fsp3) is 0.467.